The number of anilines is 3. The third-order valence-electron chi connectivity index (χ3n) is 8.48. The van der Waals surface area contributed by atoms with Gasteiger partial charge in [0.2, 0.25) is 11.3 Å². The van der Waals surface area contributed by atoms with Gasteiger partial charge in [0.15, 0.2) is 11.6 Å². The molecule has 0 bridgehead atoms. The molecule has 0 spiro atoms. The molecule has 3 aromatic rings. The Labute approximate surface area is 250 Å². The Kier molecular flexibility index (Phi) is 7.30. The van der Waals surface area contributed by atoms with Crippen molar-refractivity contribution in [2.24, 2.45) is 0 Å². The Morgan fingerprint density at radius 1 is 1.16 bits per heavy atom. The van der Waals surface area contributed by atoms with E-state index in [0.717, 1.165) is 6.07 Å². The number of aromatic carboxylic acids is 1. The van der Waals surface area contributed by atoms with Crippen LogP contribution in [-0.4, -0.2) is 79.6 Å². The molecule has 0 radical (unpaired) electrons. The van der Waals surface area contributed by atoms with Gasteiger partial charge < -0.3 is 34.3 Å². The molecule has 0 aliphatic carbocycles. The Morgan fingerprint density at radius 2 is 1.93 bits per heavy atom. The van der Waals surface area contributed by atoms with E-state index in [1.807, 2.05) is 6.92 Å². The molecule has 2 N–H and O–H groups in total. The normalized spacial score (nSPS) is 20.9. The molecule has 232 valence electrons. The fourth-order valence-corrected chi connectivity index (χ4v) is 6.16. The van der Waals surface area contributed by atoms with Crippen molar-refractivity contribution in [2.45, 2.75) is 38.5 Å². The average Bonchev–Trinajstić information content (AvgIpc) is 3.61. The summed E-state index contributed by atoms with van der Waals surface area (Å²) in [6, 6.07) is 5.03. The van der Waals surface area contributed by atoms with E-state index in [9.17, 15) is 24.3 Å². The van der Waals surface area contributed by atoms with E-state index < -0.39 is 40.8 Å². The van der Waals surface area contributed by atoms with Gasteiger partial charge in [0.1, 0.15) is 29.8 Å². The molecule has 14 heteroatoms. The molecule has 4 heterocycles. The maximum absolute atomic E-state index is 15.7. The van der Waals surface area contributed by atoms with E-state index in [-0.39, 0.29) is 54.5 Å². The quantitative estimate of drug-likeness (QED) is 0.414. The van der Waals surface area contributed by atoms with Gasteiger partial charge in [0.05, 0.1) is 41.4 Å². The van der Waals surface area contributed by atoms with Gasteiger partial charge in [-0.2, -0.15) is 0 Å². The smallest absolute Gasteiger partial charge is 0.414 e. The van der Waals surface area contributed by atoms with Crippen molar-refractivity contribution in [2.75, 3.05) is 54.5 Å². The highest BCUT2D eigenvalue weighted by molar-refractivity contribution is 5.97. The van der Waals surface area contributed by atoms with E-state index in [1.165, 1.54) is 24.1 Å². The van der Waals surface area contributed by atoms with Crippen LogP contribution in [0.5, 0.6) is 5.75 Å². The number of cyclic esters (lactones) is 1. The minimum Gasteiger partial charge on any atom is -0.487 e. The third-order valence-corrected chi connectivity index (χ3v) is 8.48. The van der Waals surface area contributed by atoms with Crippen LogP contribution in [0.25, 0.3) is 10.9 Å². The van der Waals surface area contributed by atoms with Crippen molar-refractivity contribution >= 4 is 45.9 Å². The summed E-state index contributed by atoms with van der Waals surface area (Å²) in [4.78, 5) is 53.0. The van der Waals surface area contributed by atoms with Gasteiger partial charge in [-0.1, -0.05) is 0 Å². The van der Waals surface area contributed by atoms with Crippen molar-refractivity contribution in [1.82, 2.24) is 9.88 Å². The van der Waals surface area contributed by atoms with Crippen LogP contribution < -0.4 is 30.2 Å². The lowest BCUT2D eigenvalue weighted by atomic mass is 10.1. The molecular weight excluding hydrogens is 580 g/mol. The zero-order valence-corrected chi connectivity index (χ0v) is 24.3. The van der Waals surface area contributed by atoms with Crippen molar-refractivity contribution in [3.63, 3.8) is 0 Å². The molecule has 12 nitrogen and oxygen atoms in total. The summed E-state index contributed by atoms with van der Waals surface area (Å²) < 4.78 is 44.0. The highest BCUT2D eigenvalue weighted by Crippen LogP contribution is 2.43. The number of rotatable bonds is 7. The zero-order valence-electron chi connectivity index (χ0n) is 24.3. The van der Waals surface area contributed by atoms with E-state index in [4.69, 9.17) is 9.47 Å². The number of carboxylic acids is 1. The highest BCUT2D eigenvalue weighted by Gasteiger charge is 2.36. The van der Waals surface area contributed by atoms with Crippen LogP contribution in [0.15, 0.2) is 35.3 Å². The van der Waals surface area contributed by atoms with E-state index in [1.54, 1.807) is 33.5 Å². The second kappa shape index (κ2) is 11.0. The predicted molar refractivity (Wildman–Crippen MR) is 157 cm³/mol. The van der Waals surface area contributed by atoms with Gasteiger partial charge in [-0.15, -0.1) is 0 Å². The molecule has 44 heavy (non-hydrogen) atoms. The van der Waals surface area contributed by atoms with Crippen LogP contribution in [0, 0.1) is 11.6 Å². The number of benzene rings is 2. The van der Waals surface area contributed by atoms with Crippen LogP contribution >= 0.6 is 0 Å². The molecule has 0 saturated carbocycles. The van der Waals surface area contributed by atoms with Gasteiger partial charge in [0, 0.05) is 39.3 Å². The predicted octanol–water partition coefficient (Wildman–Crippen LogP) is 3.11. The number of likely N-dealkylation sites (N-methyl/N-ethyl adjacent to an activating group) is 1. The first-order chi connectivity index (χ1) is 20.9. The lowest BCUT2D eigenvalue weighted by Gasteiger charge is -2.32. The largest absolute Gasteiger partial charge is 0.487 e. The minimum absolute atomic E-state index is 0.0638. The molecular formula is C30H31F2N5O7. The number of pyridine rings is 1. The fourth-order valence-electron chi connectivity index (χ4n) is 6.16. The van der Waals surface area contributed by atoms with Crippen molar-refractivity contribution in [1.29, 1.82) is 0 Å². The minimum atomic E-state index is -1.39. The first-order valence-electron chi connectivity index (χ1n) is 14.2. The first-order valence-corrected chi connectivity index (χ1v) is 14.2. The molecule has 6 rings (SSSR count). The molecule has 3 atom stereocenters. The number of carboxylic acid groups (broad SMARTS) is 1. The topological polar surface area (TPSA) is 134 Å². The number of amides is 2. The molecule has 0 unspecified atom stereocenters. The number of carbonyl (C=O) groups excluding carboxylic acids is 2. The van der Waals surface area contributed by atoms with Crippen LogP contribution in [0.3, 0.4) is 0 Å². The zero-order chi connectivity index (χ0) is 31.4. The summed E-state index contributed by atoms with van der Waals surface area (Å²) in [6.45, 7) is 4.42. The molecule has 2 fully saturated rings. The second-order valence-electron chi connectivity index (χ2n) is 11.4. The molecule has 3 aliphatic rings. The number of aromatic nitrogens is 1. The number of carbonyl (C=O) groups is 3. The average molecular weight is 612 g/mol. The molecule has 2 aromatic carbocycles. The van der Waals surface area contributed by atoms with Gasteiger partial charge in [-0.25, -0.2) is 18.4 Å². The lowest BCUT2D eigenvalue weighted by Crippen LogP contribution is -2.36. The van der Waals surface area contributed by atoms with Gasteiger partial charge in [-0.05, 0) is 37.6 Å². The Morgan fingerprint density at radius 3 is 2.64 bits per heavy atom. The maximum Gasteiger partial charge on any atom is 0.414 e. The standard InChI is InChI=1S/C30H31F2N5O7/c1-15-14-43-28-25-20(27(39)21(29(40)41)13-36(15)25)9-23(32)26(28)35-7-6-18(11-35)34(3)24-5-4-17(8-22(24)31)37-12-19(44-30(37)42)10-33-16(2)38/h4-5,8-9,13,15,18-19H,6-7,10-12,14H2,1-3H3,(H,33,38)(H,40,41)/t15-,18-,19-/m0/s1. The van der Waals surface area contributed by atoms with E-state index in [2.05, 4.69) is 5.32 Å². The number of halogens is 2. The Hall–Kier alpha value is -4.88. The number of nitrogens with one attached hydrogen (secondary N) is 1. The fraction of sp³-hybridized carbons (Fsp3) is 0.400. The summed E-state index contributed by atoms with van der Waals surface area (Å²) in [5.74, 6) is -2.71. The van der Waals surface area contributed by atoms with Gasteiger partial charge in [-0.3, -0.25) is 14.5 Å². The molecule has 3 aliphatic heterocycles. The summed E-state index contributed by atoms with van der Waals surface area (Å²) in [7, 11) is 1.74. The third kappa shape index (κ3) is 4.93. The SMILES string of the molecule is CC(=O)NC[C@H]1CN(c2ccc(N(C)[C@H]3CCN(c4c(F)cc5c(=O)c(C(=O)O)cn6c5c4OC[C@@H]6C)C3)c(F)c2)C(=O)O1. The van der Waals surface area contributed by atoms with Gasteiger partial charge >= 0.3 is 12.1 Å². The van der Waals surface area contributed by atoms with Crippen molar-refractivity contribution < 1.29 is 37.7 Å². The monoisotopic (exact) mass is 611 g/mol. The summed E-state index contributed by atoms with van der Waals surface area (Å²) in [6.07, 6.45) is 0.667. The van der Waals surface area contributed by atoms with Crippen LogP contribution in [-0.2, 0) is 9.53 Å². The maximum atomic E-state index is 15.7. The summed E-state index contributed by atoms with van der Waals surface area (Å²) >= 11 is 0. The summed E-state index contributed by atoms with van der Waals surface area (Å²) in [5.41, 5.74) is -0.0856. The van der Waals surface area contributed by atoms with Crippen molar-refractivity contribution in [3.05, 3.63) is 57.9 Å². The Bertz CT molecular complexity index is 1760. The van der Waals surface area contributed by atoms with E-state index >= 15 is 8.78 Å². The van der Waals surface area contributed by atoms with E-state index in [0.29, 0.717) is 36.4 Å². The first kappa shape index (κ1) is 29.2. The molecule has 1 aromatic heterocycles. The number of hydrogen-bond acceptors (Lipinski definition) is 8. The van der Waals surface area contributed by atoms with Crippen LogP contribution in [0.2, 0.25) is 0 Å². The molecule has 2 saturated heterocycles. The van der Waals surface area contributed by atoms with Gasteiger partial charge in [0.25, 0.3) is 0 Å². The highest BCUT2D eigenvalue weighted by atomic mass is 19.1. The number of hydrogen-bond donors (Lipinski definition) is 2. The number of nitrogens with zero attached hydrogens (tertiary/aromatic N) is 4. The van der Waals surface area contributed by atoms with Crippen LogP contribution in [0.1, 0.15) is 36.7 Å². The van der Waals surface area contributed by atoms with Crippen LogP contribution in [0.4, 0.5) is 30.6 Å². The molecule has 2 amide bonds. The lowest BCUT2D eigenvalue weighted by molar-refractivity contribution is -0.119. The number of ether oxygens (including phenoxy) is 2. The Balaban J connectivity index is 1.24. The second-order valence-corrected chi connectivity index (χ2v) is 11.4. The van der Waals surface area contributed by atoms with Crippen molar-refractivity contribution in [3.8, 4) is 5.75 Å². The summed E-state index contributed by atoms with van der Waals surface area (Å²) in [5, 5.41) is 12.1.